The normalized spacial score (nSPS) is 25.5. The molecule has 15 heavy (non-hydrogen) atoms. The van der Waals surface area contributed by atoms with Gasteiger partial charge in [0.2, 0.25) is 12.3 Å². The largest absolute Gasteiger partial charge is 0.479 e. The monoisotopic (exact) mass is 207 g/mol. The quantitative estimate of drug-likeness (QED) is 0.302. The minimum absolute atomic E-state index is 0.0997. The molecule has 1 aliphatic carbocycles. The van der Waals surface area contributed by atoms with Gasteiger partial charge in [-0.15, -0.1) is 4.99 Å². The molecule has 1 rings (SSSR count). The Bertz CT molecular complexity index is 302. The van der Waals surface area contributed by atoms with Crippen LogP contribution in [0.2, 0.25) is 0 Å². The average molecular weight is 207 g/mol. The highest BCUT2D eigenvalue weighted by atomic mass is 16.5. The lowest BCUT2D eigenvalue weighted by molar-refractivity contribution is 0.123. The maximum Gasteiger partial charge on any atom is 0.234 e. The number of aliphatic imine (C=N–C) groups is 2. The van der Waals surface area contributed by atoms with E-state index in [0.717, 1.165) is 25.7 Å². The smallest absolute Gasteiger partial charge is 0.234 e. The first-order chi connectivity index (χ1) is 7.36. The number of carbonyl (C=O) groups excluding carboxylic acids is 1. The minimum Gasteiger partial charge on any atom is -0.479 e. The maximum absolute atomic E-state index is 9.96. The number of ether oxygens (including phenoxy) is 1. The van der Waals surface area contributed by atoms with Crippen LogP contribution in [0.3, 0.4) is 0 Å². The fourth-order valence-corrected chi connectivity index (χ4v) is 1.84. The number of rotatable bonds is 4. The van der Waals surface area contributed by atoms with Gasteiger partial charge in [0.15, 0.2) is 6.40 Å². The number of hydrogen-bond donors (Lipinski definition) is 0. The van der Waals surface area contributed by atoms with E-state index in [-0.39, 0.29) is 6.10 Å². The second-order valence-corrected chi connectivity index (χ2v) is 3.56. The zero-order chi connectivity index (χ0) is 10.9. The van der Waals surface area contributed by atoms with Crippen LogP contribution >= 0.6 is 0 Å². The second kappa shape index (κ2) is 6.74. The summed E-state index contributed by atoms with van der Waals surface area (Å²) in [4.78, 5) is 16.9. The predicted molar refractivity (Wildman–Crippen MR) is 53.9 cm³/mol. The van der Waals surface area contributed by atoms with E-state index in [9.17, 15) is 4.79 Å². The lowest BCUT2D eigenvalue weighted by atomic mass is 9.87. The van der Waals surface area contributed by atoms with Crippen LogP contribution in [0, 0.1) is 17.4 Å². The Balaban J connectivity index is 2.32. The first-order valence-corrected chi connectivity index (χ1v) is 4.96. The average Bonchev–Trinajstić information content (AvgIpc) is 2.27. The predicted octanol–water partition coefficient (Wildman–Crippen LogP) is 1.41. The van der Waals surface area contributed by atoms with Crippen molar-refractivity contribution in [1.29, 1.82) is 5.26 Å². The molecule has 0 aromatic rings. The van der Waals surface area contributed by atoms with E-state index in [4.69, 9.17) is 10.00 Å². The van der Waals surface area contributed by atoms with Crippen molar-refractivity contribution in [2.45, 2.75) is 31.8 Å². The van der Waals surface area contributed by atoms with Gasteiger partial charge in [-0.2, -0.15) is 5.26 Å². The van der Waals surface area contributed by atoms with Crippen molar-refractivity contribution in [3.63, 3.8) is 0 Å². The summed E-state index contributed by atoms with van der Waals surface area (Å²) < 4.78 is 5.28. The Morgan fingerprint density at radius 2 is 2.40 bits per heavy atom. The highest BCUT2D eigenvalue weighted by Gasteiger charge is 2.22. The van der Waals surface area contributed by atoms with Gasteiger partial charge < -0.3 is 4.74 Å². The van der Waals surface area contributed by atoms with E-state index in [0.29, 0.717) is 12.5 Å². The van der Waals surface area contributed by atoms with Gasteiger partial charge in [-0.1, -0.05) is 0 Å². The lowest BCUT2D eigenvalue weighted by Gasteiger charge is -2.26. The Hall–Kier alpha value is -1.66. The Kier molecular flexibility index (Phi) is 5.13. The molecular formula is C10H13N3O2. The van der Waals surface area contributed by atoms with Crippen molar-refractivity contribution in [2.24, 2.45) is 15.9 Å². The molecule has 1 aliphatic rings. The number of nitrogens with zero attached hydrogens (tertiary/aromatic N) is 3. The Labute approximate surface area is 88.5 Å². The molecule has 1 fully saturated rings. The number of isocyanates is 1. The molecule has 5 heteroatoms. The van der Waals surface area contributed by atoms with Crippen molar-refractivity contribution < 1.29 is 9.53 Å². The van der Waals surface area contributed by atoms with Crippen LogP contribution in [0.25, 0.3) is 0 Å². The Morgan fingerprint density at radius 1 is 1.53 bits per heavy atom. The standard InChI is InChI=1S/C10H13N3O2/c11-6-13-8-15-10-3-1-2-9(4-10)5-12-7-14/h8-10H,1-5H2/t9-,10-/m0/s1. The molecule has 5 nitrogen and oxygen atoms in total. The first kappa shape index (κ1) is 11.4. The highest BCUT2D eigenvalue weighted by Crippen LogP contribution is 2.26. The van der Waals surface area contributed by atoms with Gasteiger partial charge in [-0.3, -0.25) is 0 Å². The van der Waals surface area contributed by atoms with E-state index in [2.05, 4.69) is 9.98 Å². The molecule has 0 aromatic carbocycles. The molecule has 0 aliphatic heterocycles. The fourth-order valence-electron chi connectivity index (χ4n) is 1.84. The lowest BCUT2D eigenvalue weighted by Crippen LogP contribution is -2.24. The summed E-state index contributed by atoms with van der Waals surface area (Å²) in [5.74, 6) is 0.390. The van der Waals surface area contributed by atoms with Crippen molar-refractivity contribution in [1.82, 2.24) is 0 Å². The molecule has 0 heterocycles. The fraction of sp³-hybridized carbons (Fsp3) is 0.700. The molecule has 80 valence electrons. The van der Waals surface area contributed by atoms with Gasteiger partial charge in [0.05, 0.1) is 6.54 Å². The molecule has 0 saturated heterocycles. The van der Waals surface area contributed by atoms with Gasteiger partial charge in [-0.25, -0.2) is 9.79 Å². The van der Waals surface area contributed by atoms with E-state index in [1.54, 1.807) is 12.3 Å². The van der Waals surface area contributed by atoms with Crippen LogP contribution in [0.4, 0.5) is 0 Å². The van der Waals surface area contributed by atoms with E-state index >= 15 is 0 Å². The van der Waals surface area contributed by atoms with Gasteiger partial charge in [0.25, 0.3) is 0 Å². The van der Waals surface area contributed by atoms with Gasteiger partial charge in [0, 0.05) is 0 Å². The molecule has 1 saturated carbocycles. The van der Waals surface area contributed by atoms with Crippen molar-refractivity contribution in [3.05, 3.63) is 0 Å². The van der Waals surface area contributed by atoms with E-state index < -0.39 is 0 Å². The number of hydrogen-bond acceptors (Lipinski definition) is 5. The van der Waals surface area contributed by atoms with Crippen LogP contribution in [0.15, 0.2) is 9.98 Å². The zero-order valence-electron chi connectivity index (χ0n) is 8.43. The van der Waals surface area contributed by atoms with Gasteiger partial charge in [-0.05, 0) is 31.6 Å². The van der Waals surface area contributed by atoms with Gasteiger partial charge >= 0.3 is 0 Å². The van der Waals surface area contributed by atoms with Crippen molar-refractivity contribution in [2.75, 3.05) is 6.54 Å². The van der Waals surface area contributed by atoms with E-state index in [1.165, 1.54) is 6.40 Å². The molecule has 0 radical (unpaired) electrons. The Morgan fingerprint density at radius 3 is 3.13 bits per heavy atom. The molecule has 0 spiro atoms. The third-order valence-electron chi connectivity index (χ3n) is 2.51. The molecule has 2 atom stereocenters. The zero-order valence-corrected chi connectivity index (χ0v) is 8.43. The molecule has 0 aromatic heterocycles. The molecular weight excluding hydrogens is 194 g/mol. The van der Waals surface area contributed by atoms with E-state index in [1.807, 2.05) is 0 Å². The van der Waals surface area contributed by atoms with Crippen molar-refractivity contribution in [3.8, 4) is 6.19 Å². The summed E-state index contributed by atoms with van der Waals surface area (Å²) in [6, 6.07) is 0. The third kappa shape index (κ3) is 4.39. The second-order valence-electron chi connectivity index (χ2n) is 3.56. The first-order valence-electron chi connectivity index (χ1n) is 4.96. The summed E-state index contributed by atoms with van der Waals surface area (Å²) in [6.45, 7) is 0.527. The minimum atomic E-state index is 0.0997. The summed E-state index contributed by atoms with van der Waals surface area (Å²) >= 11 is 0. The number of nitriles is 1. The van der Waals surface area contributed by atoms with Gasteiger partial charge in [0.1, 0.15) is 6.10 Å². The van der Waals surface area contributed by atoms with Crippen LogP contribution in [0.1, 0.15) is 25.7 Å². The third-order valence-corrected chi connectivity index (χ3v) is 2.51. The summed E-state index contributed by atoms with van der Waals surface area (Å²) in [7, 11) is 0. The van der Waals surface area contributed by atoms with Crippen LogP contribution in [-0.2, 0) is 9.53 Å². The topological polar surface area (TPSA) is 74.8 Å². The molecule has 0 bridgehead atoms. The summed E-state index contributed by atoms with van der Waals surface area (Å²) in [5.41, 5.74) is 0. The molecule has 0 amide bonds. The van der Waals surface area contributed by atoms with Crippen LogP contribution in [-0.4, -0.2) is 25.1 Å². The molecule has 0 N–H and O–H groups in total. The highest BCUT2D eigenvalue weighted by molar-refractivity contribution is 5.48. The SMILES string of the molecule is N#CN=CO[C@H]1CCC[C@H](CN=C=O)C1. The summed E-state index contributed by atoms with van der Waals surface area (Å²) in [5, 5.41) is 8.18. The maximum atomic E-state index is 9.96. The van der Waals surface area contributed by atoms with Crippen LogP contribution < -0.4 is 0 Å². The molecule has 0 unspecified atom stereocenters. The van der Waals surface area contributed by atoms with Crippen molar-refractivity contribution >= 4 is 12.5 Å². The summed E-state index contributed by atoms with van der Waals surface area (Å²) in [6.07, 6.45) is 8.43. The van der Waals surface area contributed by atoms with Crippen LogP contribution in [0.5, 0.6) is 0 Å².